The van der Waals surface area contributed by atoms with Gasteiger partial charge in [0.05, 0.1) is 10.3 Å². The maximum Gasteiger partial charge on any atom is 0.269 e. The molecule has 1 aliphatic rings. The third kappa shape index (κ3) is 2.25. The van der Waals surface area contributed by atoms with Crippen LogP contribution in [0.4, 0.5) is 5.69 Å². The molecule has 0 unspecified atom stereocenters. The highest BCUT2D eigenvalue weighted by atomic mass is 79.9. The van der Waals surface area contributed by atoms with Gasteiger partial charge in [0.2, 0.25) is 0 Å². The summed E-state index contributed by atoms with van der Waals surface area (Å²) < 4.78 is 2.12. The smallest absolute Gasteiger partial charge is 0.269 e. The molecule has 1 aromatic heterocycles. The first-order valence-corrected chi connectivity index (χ1v) is 7.07. The first kappa shape index (κ1) is 12.3. The lowest BCUT2D eigenvalue weighted by Gasteiger charge is -2.07. The van der Waals surface area contributed by atoms with Crippen LogP contribution in [0, 0.1) is 10.1 Å². The van der Waals surface area contributed by atoms with Gasteiger partial charge in [0.15, 0.2) is 5.82 Å². The summed E-state index contributed by atoms with van der Waals surface area (Å²) in [5, 5.41) is 19.7. The standard InChI is InChI=1S/C12H11BrN4O2/c13-7-11-14-15-12(16(11)9-5-6-9)8-1-3-10(4-2-8)17(18)19/h1-4,9H,5-7H2. The molecule has 1 heterocycles. The van der Waals surface area contributed by atoms with E-state index in [1.54, 1.807) is 12.1 Å². The number of nitro benzene ring substituents is 1. The summed E-state index contributed by atoms with van der Waals surface area (Å²) in [6.07, 6.45) is 2.27. The number of nitro groups is 1. The van der Waals surface area contributed by atoms with Crippen LogP contribution in [0.5, 0.6) is 0 Å². The zero-order valence-electron chi connectivity index (χ0n) is 9.99. The molecule has 1 aliphatic carbocycles. The number of halogens is 1. The summed E-state index contributed by atoms with van der Waals surface area (Å²) in [5.41, 5.74) is 0.944. The van der Waals surface area contributed by atoms with Crippen LogP contribution in [0.2, 0.25) is 0 Å². The van der Waals surface area contributed by atoms with Gasteiger partial charge in [-0.2, -0.15) is 0 Å². The van der Waals surface area contributed by atoms with Crippen LogP contribution < -0.4 is 0 Å². The van der Waals surface area contributed by atoms with E-state index in [9.17, 15) is 10.1 Å². The van der Waals surface area contributed by atoms with Gasteiger partial charge in [-0.05, 0) is 25.0 Å². The van der Waals surface area contributed by atoms with Crippen LogP contribution in [-0.2, 0) is 5.33 Å². The van der Waals surface area contributed by atoms with Crippen LogP contribution in [0.1, 0.15) is 24.7 Å². The van der Waals surface area contributed by atoms with Crippen LogP contribution in [0.15, 0.2) is 24.3 Å². The van der Waals surface area contributed by atoms with E-state index in [1.165, 1.54) is 12.1 Å². The van der Waals surface area contributed by atoms with E-state index in [0.717, 1.165) is 30.1 Å². The van der Waals surface area contributed by atoms with Gasteiger partial charge >= 0.3 is 0 Å². The number of benzene rings is 1. The highest BCUT2D eigenvalue weighted by molar-refractivity contribution is 9.08. The average molecular weight is 323 g/mol. The number of hydrogen-bond acceptors (Lipinski definition) is 4. The van der Waals surface area contributed by atoms with Crippen molar-refractivity contribution < 1.29 is 4.92 Å². The van der Waals surface area contributed by atoms with Crippen molar-refractivity contribution in [2.75, 3.05) is 0 Å². The third-order valence-corrected chi connectivity index (χ3v) is 3.64. The van der Waals surface area contributed by atoms with Gasteiger partial charge < -0.3 is 4.57 Å². The summed E-state index contributed by atoms with van der Waals surface area (Å²) >= 11 is 3.41. The van der Waals surface area contributed by atoms with E-state index < -0.39 is 4.92 Å². The SMILES string of the molecule is O=[N+]([O-])c1ccc(-c2nnc(CBr)n2C2CC2)cc1. The fourth-order valence-electron chi connectivity index (χ4n) is 2.06. The molecular formula is C12H11BrN4O2. The topological polar surface area (TPSA) is 73.8 Å². The van der Waals surface area contributed by atoms with Crippen LogP contribution in [0.25, 0.3) is 11.4 Å². The van der Waals surface area contributed by atoms with Gasteiger partial charge in [0.25, 0.3) is 5.69 Å². The highest BCUT2D eigenvalue weighted by Gasteiger charge is 2.29. The van der Waals surface area contributed by atoms with E-state index in [0.29, 0.717) is 11.4 Å². The summed E-state index contributed by atoms with van der Waals surface area (Å²) in [5.74, 6) is 1.68. The van der Waals surface area contributed by atoms with Crippen LogP contribution >= 0.6 is 15.9 Å². The maximum atomic E-state index is 10.7. The molecule has 0 atom stereocenters. The van der Waals surface area contributed by atoms with Crippen molar-refractivity contribution in [2.24, 2.45) is 0 Å². The van der Waals surface area contributed by atoms with E-state index in [4.69, 9.17) is 0 Å². The largest absolute Gasteiger partial charge is 0.307 e. The Labute approximate surface area is 117 Å². The zero-order chi connectivity index (χ0) is 13.4. The fraction of sp³-hybridized carbons (Fsp3) is 0.333. The Bertz CT molecular complexity index is 619. The van der Waals surface area contributed by atoms with Crippen molar-refractivity contribution in [1.29, 1.82) is 0 Å². The van der Waals surface area contributed by atoms with Gasteiger partial charge in [0, 0.05) is 23.7 Å². The lowest BCUT2D eigenvalue weighted by molar-refractivity contribution is -0.384. The first-order valence-electron chi connectivity index (χ1n) is 5.95. The predicted molar refractivity (Wildman–Crippen MR) is 73.0 cm³/mol. The Kier molecular flexibility index (Phi) is 3.06. The van der Waals surface area contributed by atoms with Gasteiger partial charge in [0.1, 0.15) is 5.82 Å². The Morgan fingerprint density at radius 3 is 2.53 bits per heavy atom. The van der Waals surface area contributed by atoms with E-state index in [-0.39, 0.29) is 5.69 Å². The molecular weight excluding hydrogens is 312 g/mol. The predicted octanol–water partition coefficient (Wildman–Crippen LogP) is 3.08. The van der Waals surface area contributed by atoms with Gasteiger partial charge in [-0.15, -0.1) is 10.2 Å². The summed E-state index contributed by atoms with van der Waals surface area (Å²) in [6.45, 7) is 0. The Hall–Kier alpha value is -1.76. The summed E-state index contributed by atoms with van der Waals surface area (Å²) in [7, 11) is 0. The molecule has 98 valence electrons. The number of non-ortho nitro benzene ring substituents is 1. The maximum absolute atomic E-state index is 10.7. The van der Waals surface area contributed by atoms with Crippen molar-refractivity contribution >= 4 is 21.6 Å². The molecule has 0 amide bonds. The summed E-state index contributed by atoms with van der Waals surface area (Å²) in [6, 6.07) is 6.90. The molecule has 0 radical (unpaired) electrons. The minimum absolute atomic E-state index is 0.0851. The molecule has 0 N–H and O–H groups in total. The van der Waals surface area contributed by atoms with E-state index in [1.807, 2.05) is 0 Å². The van der Waals surface area contributed by atoms with Crippen molar-refractivity contribution in [3.8, 4) is 11.4 Å². The Morgan fingerprint density at radius 1 is 1.32 bits per heavy atom. The summed E-state index contributed by atoms with van der Waals surface area (Å²) in [4.78, 5) is 10.2. The molecule has 1 aromatic carbocycles. The van der Waals surface area contributed by atoms with Crippen LogP contribution in [-0.4, -0.2) is 19.7 Å². The number of hydrogen-bond donors (Lipinski definition) is 0. The minimum Gasteiger partial charge on any atom is -0.307 e. The van der Waals surface area contributed by atoms with Crippen LogP contribution in [0.3, 0.4) is 0 Å². The molecule has 0 saturated heterocycles. The molecule has 0 spiro atoms. The number of nitrogens with zero attached hydrogens (tertiary/aromatic N) is 4. The highest BCUT2D eigenvalue weighted by Crippen LogP contribution is 2.39. The molecule has 6 nitrogen and oxygen atoms in total. The van der Waals surface area contributed by atoms with Crippen molar-refractivity contribution in [2.45, 2.75) is 24.2 Å². The molecule has 19 heavy (non-hydrogen) atoms. The molecule has 2 aromatic rings. The number of rotatable bonds is 4. The van der Waals surface area contributed by atoms with Crippen molar-refractivity contribution in [1.82, 2.24) is 14.8 Å². The average Bonchev–Trinajstić information content (AvgIpc) is 3.17. The monoisotopic (exact) mass is 322 g/mol. The van der Waals surface area contributed by atoms with Gasteiger partial charge in [-0.1, -0.05) is 15.9 Å². The second-order valence-corrected chi connectivity index (χ2v) is 5.04. The second-order valence-electron chi connectivity index (χ2n) is 4.48. The molecule has 0 bridgehead atoms. The molecule has 7 heteroatoms. The Morgan fingerprint density at radius 2 is 2.00 bits per heavy atom. The number of alkyl halides is 1. The van der Waals surface area contributed by atoms with Crippen molar-refractivity contribution in [3.05, 3.63) is 40.2 Å². The second kappa shape index (κ2) is 4.73. The molecule has 1 saturated carbocycles. The van der Waals surface area contributed by atoms with E-state index in [2.05, 4.69) is 30.7 Å². The number of aromatic nitrogens is 3. The zero-order valence-corrected chi connectivity index (χ0v) is 11.6. The lowest BCUT2D eigenvalue weighted by atomic mass is 10.2. The first-order chi connectivity index (χ1) is 9.20. The third-order valence-electron chi connectivity index (χ3n) is 3.13. The van der Waals surface area contributed by atoms with E-state index >= 15 is 0 Å². The quantitative estimate of drug-likeness (QED) is 0.492. The molecule has 3 rings (SSSR count). The molecule has 1 fully saturated rings. The molecule has 0 aliphatic heterocycles. The minimum atomic E-state index is -0.403. The van der Waals surface area contributed by atoms with Gasteiger partial charge in [-0.25, -0.2) is 0 Å². The van der Waals surface area contributed by atoms with Crippen molar-refractivity contribution in [3.63, 3.8) is 0 Å². The van der Waals surface area contributed by atoms with Gasteiger partial charge in [-0.3, -0.25) is 10.1 Å². The Balaban J connectivity index is 2.01. The normalized spacial score (nSPS) is 14.6. The fourth-order valence-corrected chi connectivity index (χ4v) is 2.44. The lowest BCUT2D eigenvalue weighted by Crippen LogP contribution is -2.01.